The number of hydrogen-bond donors (Lipinski definition) is 2. The van der Waals surface area contributed by atoms with E-state index in [9.17, 15) is 15.2 Å². The van der Waals surface area contributed by atoms with E-state index in [-0.39, 0.29) is 5.52 Å². The van der Waals surface area contributed by atoms with Gasteiger partial charge in [0.1, 0.15) is 5.52 Å². The molecule has 0 atom stereocenters. The van der Waals surface area contributed by atoms with E-state index in [1.807, 2.05) is 0 Å². The largest absolute Gasteiger partial charge is 0.502 e. The second-order valence-corrected chi connectivity index (χ2v) is 2.38. The third kappa shape index (κ3) is 0.975. The van der Waals surface area contributed by atoms with Gasteiger partial charge in [0.2, 0.25) is 0 Å². The number of nitro benzene ring substituents is 1. The fourth-order valence-electron chi connectivity index (χ4n) is 1.07. The summed E-state index contributed by atoms with van der Waals surface area (Å²) in [5, 5.41) is 29.1. The van der Waals surface area contributed by atoms with Crippen molar-refractivity contribution in [3.05, 3.63) is 22.2 Å². The number of rotatable bonds is 1. The van der Waals surface area contributed by atoms with Crippen LogP contribution in [0.1, 0.15) is 0 Å². The van der Waals surface area contributed by atoms with Crippen molar-refractivity contribution in [1.29, 1.82) is 0 Å². The van der Waals surface area contributed by atoms with E-state index in [2.05, 4.69) is 15.4 Å². The number of benzene rings is 1. The van der Waals surface area contributed by atoms with Crippen LogP contribution in [0.2, 0.25) is 0 Å². The van der Waals surface area contributed by atoms with Crippen LogP contribution in [0.15, 0.2) is 12.1 Å². The highest BCUT2D eigenvalue weighted by atomic mass is 16.6. The van der Waals surface area contributed by atoms with Gasteiger partial charge in [-0.05, 0) is 12.1 Å². The van der Waals surface area contributed by atoms with Gasteiger partial charge in [-0.15, -0.1) is 5.10 Å². The van der Waals surface area contributed by atoms with Crippen LogP contribution >= 0.6 is 0 Å². The molecule has 0 unspecified atom stereocenters. The number of fused-ring (bicyclic) bond motifs is 1. The molecule has 1 heterocycles. The Labute approximate surface area is 71.1 Å². The fraction of sp³-hybridized carbons (Fsp3) is 0. The molecule has 2 rings (SSSR count). The Bertz CT molecular complexity index is 478. The van der Waals surface area contributed by atoms with Crippen molar-refractivity contribution < 1.29 is 10.0 Å². The average molecular weight is 180 g/mol. The van der Waals surface area contributed by atoms with Gasteiger partial charge in [-0.1, -0.05) is 0 Å². The van der Waals surface area contributed by atoms with Crippen LogP contribution in [-0.2, 0) is 0 Å². The number of aromatic nitrogens is 3. The molecular formula is C6H4N4O3. The molecule has 2 aromatic rings. The maximum absolute atomic E-state index is 10.5. The van der Waals surface area contributed by atoms with Crippen molar-refractivity contribution in [1.82, 2.24) is 15.4 Å². The molecule has 0 saturated carbocycles. The van der Waals surface area contributed by atoms with Crippen LogP contribution in [-0.4, -0.2) is 25.4 Å². The molecule has 13 heavy (non-hydrogen) atoms. The zero-order valence-electron chi connectivity index (χ0n) is 6.26. The Balaban J connectivity index is 2.88. The van der Waals surface area contributed by atoms with Gasteiger partial charge in [-0.3, -0.25) is 10.1 Å². The number of aromatic amines is 1. The molecule has 0 aliphatic rings. The van der Waals surface area contributed by atoms with E-state index in [1.54, 1.807) is 0 Å². The molecule has 7 nitrogen and oxygen atoms in total. The molecule has 0 bridgehead atoms. The molecule has 0 radical (unpaired) electrons. The number of hydrogen-bond acceptors (Lipinski definition) is 5. The van der Waals surface area contributed by atoms with Gasteiger partial charge in [0.25, 0.3) is 0 Å². The highest BCUT2D eigenvalue weighted by molar-refractivity contribution is 5.86. The molecule has 1 aromatic heterocycles. The summed E-state index contributed by atoms with van der Waals surface area (Å²) in [6.45, 7) is 0. The number of phenols is 1. The van der Waals surface area contributed by atoms with Gasteiger partial charge in [-0.2, -0.15) is 10.3 Å². The van der Waals surface area contributed by atoms with Crippen LogP contribution in [0.4, 0.5) is 5.69 Å². The summed E-state index contributed by atoms with van der Waals surface area (Å²) in [5.74, 6) is -0.411. The van der Waals surface area contributed by atoms with E-state index in [0.29, 0.717) is 5.52 Å². The van der Waals surface area contributed by atoms with E-state index < -0.39 is 16.4 Å². The van der Waals surface area contributed by atoms with Crippen LogP contribution < -0.4 is 0 Å². The van der Waals surface area contributed by atoms with Crippen molar-refractivity contribution in [2.24, 2.45) is 0 Å². The highest BCUT2D eigenvalue weighted by Crippen LogP contribution is 2.31. The predicted octanol–water partition coefficient (Wildman–Crippen LogP) is 0.572. The predicted molar refractivity (Wildman–Crippen MR) is 42.2 cm³/mol. The Morgan fingerprint density at radius 3 is 2.92 bits per heavy atom. The molecule has 7 heteroatoms. The van der Waals surface area contributed by atoms with Gasteiger partial charge >= 0.3 is 5.69 Å². The lowest BCUT2D eigenvalue weighted by Crippen LogP contribution is -1.89. The van der Waals surface area contributed by atoms with Crippen molar-refractivity contribution in [2.75, 3.05) is 0 Å². The van der Waals surface area contributed by atoms with E-state index in [0.717, 1.165) is 0 Å². The summed E-state index contributed by atoms with van der Waals surface area (Å²) in [4.78, 5) is 9.80. The standard InChI is InChI=1S/C6H4N4O3/c11-4-2-1-3-5(8-9-7-3)6(4)10(12)13/h1-2,11H,(H,7,8,9). The van der Waals surface area contributed by atoms with Gasteiger partial charge in [0.15, 0.2) is 11.3 Å². The fourth-order valence-corrected chi connectivity index (χ4v) is 1.07. The maximum Gasteiger partial charge on any atom is 0.340 e. The lowest BCUT2D eigenvalue weighted by Gasteiger charge is -1.93. The van der Waals surface area contributed by atoms with Crippen molar-refractivity contribution in [3.8, 4) is 5.75 Å². The van der Waals surface area contributed by atoms with Crippen LogP contribution in [0.3, 0.4) is 0 Å². The molecule has 2 N–H and O–H groups in total. The average Bonchev–Trinajstić information content (AvgIpc) is 2.50. The number of phenolic OH excluding ortho intramolecular Hbond substituents is 1. The number of aromatic hydroxyl groups is 1. The highest BCUT2D eigenvalue weighted by Gasteiger charge is 2.20. The number of nitrogens with zero attached hydrogens (tertiary/aromatic N) is 3. The summed E-state index contributed by atoms with van der Waals surface area (Å²) < 4.78 is 0. The van der Waals surface area contributed by atoms with E-state index in [1.165, 1.54) is 12.1 Å². The Hall–Kier alpha value is -2.18. The van der Waals surface area contributed by atoms with E-state index >= 15 is 0 Å². The van der Waals surface area contributed by atoms with Crippen molar-refractivity contribution in [3.63, 3.8) is 0 Å². The smallest absolute Gasteiger partial charge is 0.340 e. The minimum atomic E-state index is -0.694. The number of H-pyrrole nitrogens is 1. The molecule has 66 valence electrons. The first-order valence-electron chi connectivity index (χ1n) is 3.37. The Morgan fingerprint density at radius 1 is 1.46 bits per heavy atom. The van der Waals surface area contributed by atoms with Gasteiger partial charge < -0.3 is 5.11 Å². The molecule has 0 aliphatic heterocycles. The second kappa shape index (κ2) is 2.41. The van der Waals surface area contributed by atoms with Gasteiger partial charge in [0, 0.05) is 0 Å². The Kier molecular flexibility index (Phi) is 1.38. The first-order valence-corrected chi connectivity index (χ1v) is 3.37. The zero-order valence-corrected chi connectivity index (χ0v) is 6.26. The molecule has 0 fully saturated rings. The molecule has 0 amide bonds. The molecular weight excluding hydrogens is 176 g/mol. The monoisotopic (exact) mass is 180 g/mol. The first-order chi connectivity index (χ1) is 6.20. The zero-order chi connectivity index (χ0) is 9.42. The topological polar surface area (TPSA) is 105 Å². The molecule has 0 spiro atoms. The third-order valence-corrected chi connectivity index (χ3v) is 1.62. The summed E-state index contributed by atoms with van der Waals surface area (Å²) in [7, 11) is 0. The Morgan fingerprint density at radius 2 is 2.23 bits per heavy atom. The SMILES string of the molecule is O=[N+]([O-])c1c(O)ccc2n[nH]nc12. The van der Waals surface area contributed by atoms with Crippen molar-refractivity contribution in [2.45, 2.75) is 0 Å². The summed E-state index contributed by atoms with van der Waals surface area (Å²) >= 11 is 0. The normalized spacial score (nSPS) is 10.5. The van der Waals surface area contributed by atoms with Crippen molar-refractivity contribution >= 4 is 16.7 Å². The minimum absolute atomic E-state index is 0.0602. The lowest BCUT2D eigenvalue weighted by atomic mass is 10.2. The third-order valence-electron chi connectivity index (χ3n) is 1.62. The summed E-state index contributed by atoms with van der Waals surface area (Å²) in [6, 6.07) is 2.66. The molecule has 0 saturated heterocycles. The van der Waals surface area contributed by atoms with Gasteiger partial charge in [0.05, 0.1) is 4.92 Å². The summed E-state index contributed by atoms with van der Waals surface area (Å²) in [6.07, 6.45) is 0. The van der Waals surface area contributed by atoms with Crippen LogP contribution in [0, 0.1) is 10.1 Å². The molecule has 1 aromatic carbocycles. The number of nitrogens with one attached hydrogen (secondary N) is 1. The lowest BCUT2D eigenvalue weighted by molar-refractivity contribution is -0.384. The van der Waals surface area contributed by atoms with Crippen LogP contribution in [0.5, 0.6) is 5.75 Å². The first kappa shape index (κ1) is 7.47. The maximum atomic E-state index is 10.5. The quantitative estimate of drug-likeness (QED) is 0.493. The van der Waals surface area contributed by atoms with Gasteiger partial charge in [-0.25, -0.2) is 0 Å². The second-order valence-electron chi connectivity index (χ2n) is 2.38. The summed E-state index contributed by atoms with van der Waals surface area (Å²) in [5.41, 5.74) is -0.0132. The van der Waals surface area contributed by atoms with E-state index in [4.69, 9.17) is 0 Å². The number of nitro groups is 1. The molecule has 0 aliphatic carbocycles. The van der Waals surface area contributed by atoms with Crippen LogP contribution in [0.25, 0.3) is 11.0 Å². The minimum Gasteiger partial charge on any atom is -0.502 e.